The van der Waals surface area contributed by atoms with Gasteiger partial charge >= 0.3 is 0 Å². The van der Waals surface area contributed by atoms with E-state index in [1.807, 2.05) is 28.8 Å². The summed E-state index contributed by atoms with van der Waals surface area (Å²) in [6, 6.07) is 12.6. The summed E-state index contributed by atoms with van der Waals surface area (Å²) < 4.78 is 17.9. The highest BCUT2D eigenvalue weighted by atomic mass is 32.2. The predicted molar refractivity (Wildman–Crippen MR) is 116 cm³/mol. The molecular formula is C22H20N4O4S. The minimum atomic E-state index is -0.0542. The predicted octanol–water partition coefficient (Wildman–Crippen LogP) is 3.97. The monoisotopic (exact) mass is 436 g/mol. The van der Waals surface area contributed by atoms with Gasteiger partial charge in [-0.25, -0.2) is 0 Å². The average molecular weight is 436 g/mol. The number of methoxy groups -OCH3 is 2. The van der Waals surface area contributed by atoms with Crippen molar-refractivity contribution in [3.8, 4) is 22.9 Å². The molecule has 1 aromatic carbocycles. The van der Waals surface area contributed by atoms with Crippen LogP contribution in [0.5, 0.6) is 11.5 Å². The van der Waals surface area contributed by atoms with Crippen LogP contribution >= 0.6 is 11.8 Å². The number of aromatic nitrogens is 4. The molecule has 0 radical (unpaired) electrons. The van der Waals surface area contributed by atoms with E-state index >= 15 is 0 Å². The molecule has 4 aromatic rings. The summed E-state index contributed by atoms with van der Waals surface area (Å²) >= 11 is 1.32. The van der Waals surface area contributed by atoms with Gasteiger partial charge in [-0.15, -0.1) is 10.2 Å². The average Bonchev–Trinajstić information content (AvgIpc) is 3.48. The lowest BCUT2D eigenvalue weighted by Gasteiger charge is -2.10. The molecule has 0 saturated heterocycles. The fourth-order valence-corrected chi connectivity index (χ4v) is 3.86. The number of rotatable bonds is 9. The lowest BCUT2D eigenvalue weighted by molar-refractivity contribution is 0.102. The van der Waals surface area contributed by atoms with Gasteiger partial charge < -0.3 is 13.9 Å². The first kappa shape index (κ1) is 20.7. The van der Waals surface area contributed by atoms with E-state index in [4.69, 9.17) is 13.9 Å². The van der Waals surface area contributed by atoms with Gasteiger partial charge in [0.05, 0.1) is 32.8 Å². The molecule has 0 unspecified atom stereocenters. The van der Waals surface area contributed by atoms with Crippen LogP contribution in [0.2, 0.25) is 0 Å². The number of Topliss-reactive ketones (excluding diaryl/α,β-unsaturated/α-hetero) is 1. The molecule has 3 heterocycles. The van der Waals surface area contributed by atoms with E-state index in [2.05, 4.69) is 15.2 Å². The van der Waals surface area contributed by atoms with Gasteiger partial charge in [0.15, 0.2) is 28.3 Å². The Morgan fingerprint density at radius 2 is 1.97 bits per heavy atom. The Bertz CT molecular complexity index is 1160. The zero-order chi connectivity index (χ0) is 21.6. The third-order valence-corrected chi connectivity index (χ3v) is 5.54. The van der Waals surface area contributed by atoms with Crippen LogP contribution in [-0.4, -0.2) is 45.5 Å². The molecule has 3 aromatic heterocycles. The minimum absolute atomic E-state index is 0.0542. The highest BCUT2D eigenvalue weighted by Gasteiger charge is 2.18. The first-order chi connectivity index (χ1) is 15.2. The van der Waals surface area contributed by atoms with Crippen molar-refractivity contribution < 1.29 is 18.7 Å². The molecule has 0 fully saturated rings. The molecule has 4 rings (SSSR count). The quantitative estimate of drug-likeness (QED) is 0.287. The van der Waals surface area contributed by atoms with Crippen LogP contribution in [0, 0.1) is 0 Å². The van der Waals surface area contributed by atoms with Crippen molar-refractivity contribution in [1.82, 2.24) is 19.7 Å². The van der Waals surface area contributed by atoms with Gasteiger partial charge in [0.25, 0.3) is 0 Å². The Balaban J connectivity index is 1.57. The van der Waals surface area contributed by atoms with E-state index in [0.29, 0.717) is 34.6 Å². The molecule has 0 atom stereocenters. The molecule has 158 valence electrons. The van der Waals surface area contributed by atoms with E-state index in [0.717, 1.165) is 11.3 Å². The summed E-state index contributed by atoms with van der Waals surface area (Å²) in [5.74, 6) is 2.65. The number of pyridine rings is 1. The van der Waals surface area contributed by atoms with Crippen LogP contribution in [0.1, 0.15) is 16.1 Å². The van der Waals surface area contributed by atoms with Crippen molar-refractivity contribution in [2.45, 2.75) is 11.7 Å². The molecule has 0 aliphatic rings. The number of furan rings is 1. The molecule has 31 heavy (non-hydrogen) atoms. The van der Waals surface area contributed by atoms with Gasteiger partial charge in [0.2, 0.25) is 0 Å². The number of thioether (sulfide) groups is 1. The van der Waals surface area contributed by atoms with E-state index in [1.54, 1.807) is 44.0 Å². The van der Waals surface area contributed by atoms with Crippen molar-refractivity contribution in [2.75, 3.05) is 20.0 Å². The maximum Gasteiger partial charge on any atom is 0.192 e. The Morgan fingerprint density at radius 3 is 2.68 bits per heavy atom. The number of ether oxygens (including phenoxy) is 2. The second-order valence-corrected chi connectivity index (χ2v) is 7.44. The molecule has 8 nitrogen and oxygen atoms in total. The third-order valence-electron chi connectivity index (χ3n) is 4.57. The molecule has 0 N–H and O–H groups in total. The van der Waals surface area contributed by atoms with Crippen molar-refractivity contribution >= 4 is 17.5 Å². The molecule has 0 bridgehead atoms. The number of hydrogen-bond donors (Lipinski definition) is 0. The van der Waals surface area contributed by atoms with Crippen LogP contribution in [0.4, 0.5) is 0 Å². The number of nitrogens with zero attached hydrogens (tertiary/aromatic N) is 4. The normalized spacial score (nSPS) is 10.8. The van der Waals surface area contributed by atoms with Crippen LogP contribution in [-0.2, 0) is 6.54 Å². The van der Waals surface area contributed by atoms with Crippen LogP contribution in [0.15, 0.2) is 70.7 Å². The molecule has 0 amide bonds. The SMILES string of the molecule is COc1ccc(C(=O)CSc2nnc(-c3cccnc3)n2Cc2ccco2)cc1OC. The second-order valence-electron chi connectivity index (χ2n) is 6.50. The summed E-state index contributed by atoms with van der Waals surface area (Å²) in [5.41, 5.74) is 1.37. The Labute approximate surface area is 183 Å². The van der Waals surface area contributed by atoms with Crippen LogP contribution < -0.4 is 9.47 Å². The fourth-order valence-electron chi connectivity index (χ4n) is 3.03. The summed E-state index contributed by atoms with van der Waals surface area (Å²) in [6.45, 7) is 0.442. The minimum Gasteiger partial charge on any atom is -0.493 e. The molecular weight excluding hydrogens is 416 g/mol. The maximum absolute atomic E-state index is 12.8. The van der Waals surface area contributed by atoms with Gasteiger partial charge in [0.1, 0.15) is 5.76 Å². The summed E-state index contributed by atoms with van der Waals surface area (Å²) in [4.78, 5) is 17.0. The Hall–Kier alpha value is -3.59. The van der Waals surface area contributed by atoms with Gasteiger partial charge in [-0.3, -0.25) is 14.3 Å². The van der Waals surface area contributed by atoms with E-state index in [-0.39, 0.29) is 11.5 Å². The number of benzene rings is 1. The van der Waals surface area contributed by atoms with Gasteiger partial charge in [0, 0.05) is 23.5 Å². The third kappa shape index (κ3) is 4.61. The van der Waals surface area contributed by atoms with Crippen LogP contribution in [0.25, 0.3) is 11.4 Å². The molecule has 0 saturated carbocycles. The van der Waals surface area contributed by atoms with E-state index in [1.165, 1.54) is 18.9 Å². The molecule has 9 heteroatoms. The maximum atomic E-state index is 12.8. The van der Waals surface area contributed by atoms with Crippen molar-refractivity contribution in [3.63, 3.8) is 0 Å². The zero-order valence-corrected chi connectivity index (χ0v) is 17.8. The van der Waals surface area contributed by atoms with Gasteiger partial charge in [-0.05, 0) is 42.5 Å². The van der Waals surface area contributed by atoms with E-state index in [9.17, 15) is 4.79 Å². The molecule has 0 aliphatic carbocycles. The first-order valence-electron chi connectivity index (χ1n) is 9.43. The second kappa shape index (κ2) is 9.48. The van der Waals surface area contributed by atoms with Crippen molar-refractivity contribution in [3.05, 3.63) is 72.4 Å². The Morgan fingerprint density at radius 1 is 1.10 bits per heavy atom. The van der Waals surface area contributed by atoms with Gasteiger partial charge in [-0.1, -0.05) is 11.8 Å². The smallest absolute Gasteiger partial charge is 0.192 e. The van der Waals surface area contributed by atoms with Crippen LogP contribution in [0.3, 0.4) is 0 Å². The van der Waals surface area contributed by atoms with Crippen molar-refractivity contribution in [1.29, 1.82) is 0 Å². The summed E-state index contributed by atoms with van der Waals surface area (Å²) in [6.07, 6.45) is 5.05. The summed E-state index contributed by atoms with van der Waals surface area (Å²) in [5, 5.41) is 9.25. The Kier molecular flexibility index (Phi) is 6.32. The fraction of sp³-hybridized carbons (Fsp3) is 0.182. The standard InChI is InChI=1S/C22H20N4O4S/c1-28-19-8-7-15(11-20(19)29-2)18(27)14-31-22-25-24-21(16-5-3-9-23-12-16)26(22)13-17-6-4-10-30-17/h3-12H,13-14H2,1-2H3. The number of carbonyl (C=O) groups is 1. The number of hydrogen-bond acceptors (Lipinski definition) is 8. The zero-order valence-electron chi connectivity index (χ0n) is 17.0. The topological polar surface area (TPSA) is 92.3 Å². The highest BCUT2D eigenvalue weighted by Crippen LogP contribution is 2.29. The molecule has 0 spiro atoms. The number of ketones is 1. The molecule has 0 aliphatic heterocycles. The highest BCUT2D eigenvalue weighted by molar-refractivity contribution is 7.99. The summed E-state index contributed by atoms with van der Waals surface area (Å²) in [7, 11) is 3.10. The van der Waals surface area contributed by atoms with Gasteiger partial charge in [-0.2, -0.15) is 0 Å². The lowest BCUT2D eigenvalue weighted by atomic mass is 10.1. The van der Waals surface area contributed by atoms with E-state index < -0.39 is 0 Å². The lowest BCUT2D eigenvalue weighted by Crippen LogP contribution is -2.07. The first-order valence-corrected chi connectivity index (χ1v) is 10.4. The van der Waals surface area contributed by atoms with Crippen molar-refractivity contribution in [2.24, 2.45) is 0 Å². The number of carbonyl (C=O) groups excluding carboxylic acids is 1. The largest absolute Gasteiger partial charge is 0.493 e.